The fourth-order valence-corrected chi connectivity index (χ4v) is 2.97. The third kappa shape index (κ3) is 3.77. The summed E-state index contributed by atoms with van der Waals surface area (Å²) in [5, 5.41) is 4.06. The number of para-hydroxylation sites is 1. The van der Waals surface area contributed by atoms with Crippen molar-refractivity contribution in [2.45, 2.75) is 0 Å². The summed E-state index contributed by atoms with van der Waals surface area (Å²) in [4.78, 5) is 27.9. The second-order valence-electron chi connectivity index (χ2n) is 5.47. The molecule has 0 atom stereocenters. The highest BCUT2D eigenvalue weighted by molar-refractivity contribution is 8.27. The molecule has 2 aromatic carbocycles. The quantitative estimate of drug-likeness (QED) is 0.465. The number of anilines is 2. The monoisotopic (exact) mass is 371 g/mol. The van der Waals surface area contributed by atoms with Crippen molar-refractivity contribution in [1.82, 2.24) is 4.98 Å². The van der Waals surface area contributed by atoms with Gasteiger partial charge in [-0.1, -0.05) is 35.6 Å². The van der Waals surface area contributed by atoms with E-state index in [1.165, 1.54) is 12.3 Å². The number of hydrogen-bond acceptors (Lipinski definition) is 5. The zero-order chi connectivity index (χ0) is 18.7. The van der Waals surface area contributed by atoms with Gasteiger partial charge in [0.25, 0.3) is 5.91 Å². The summed E-state index contributed by atoms with van der Waals surface area (Å²) >= 11 is 0. The Morgan fingerprint density at radius 1 is 1.12 bits per heavy atom. The molecular weight excluding hydrogens is 354 g/mol. The second kappa shape index (κ2) is 7.04. The Morgan fingerprint density at radius 2 is 1.85 bits per heavy atom. The van der Waals surface area contributed by atoms with Crippen molar-refractivity contribution in [3.05, 3.63) is 82.5 Å². The van der Waals surface area contributed by atoms with Crippen LogP contribution in [-0.4, -0.2) is 20.0 Å². The van der Waals surface area contributed by atoms with Crippen LogP contribution < -0.4 is 15.5 Å². The third-order valence-corrected chi connectivity index (χ3v) is 4.65. The van der Waals surface area contributed by atoms with Gasteiger partial charge in [-0.25, -0.2) is 0 Å². The van der Waals surface area contributed by atoms with E-state index in [1.807, 2.05) is 0 Å². The molecule has 5 N–H and O–H groups in total. The predicted octanol–water partition coefficient (Wildman–Crippen LogP) is 4.00. The van der Waals surface area contributed by atoms with Crippen LogP contribution in [0.1, 0.15) is 10.4 Å². The lowest BCUT2D eigenvalue weighted by atomic mass is 10.1. The van der Waals surface area contributed by atoms with E-state index in [4.69, 9.17) is 0 Å². The molecule has 3 aromatic rings. The Hall–Kier alpha value is -3.07. The lowest BCUT2D eigenvalue weighted by Crippen LogP contribution is -2.22. The van der Waals surface area contributed by atoms with E-state index in [-0.39, 0.29) is 11.0 Å². The van der Waals surface area contributed by atoms with Crippen LogP contribution in [0.25, 0.3) is 10.9 Å². The number of pyridine rings is 1. The van der Waals surface area contributed by atoms with Crippen LogP contribution in [-0.2, 0) is 0 Å². The Morgan fingerprint density at radius 3 is 2.62 bits per heavy atom. The summed E-state index contributed by atoms with van der Waals surface area (Å²) in [6.07, 6.45) is 1.37. The van der Waals surface area contributed by atoms with Crippen LogP contribution in [0.4, 0.5) is 11.4 Å². The molecular formula is C18H17N3O4S. The van der Waals surface area contributed by atoms with Crippen LogP contribution in [0.15, 0.2) is 71.5 Å². The molecule has 1 heterocycles. The van der Waals surface area contributed by atoms with Gasteiger partial charge in [0.2, 0.25) is 5.43 Å². The number of aromatic nitrogens is 1. The van der Waals surface area contributed by atoms with E-state index < -0.39 is 16.7 Å². The van der Waals surface area contributed by atoms with Crippen molar-refractivity contribution in [3.63, 3.8) is 0 Å². The number of rotatable bonds is 5. The largest absolute Gasteiger partial charge is 0.360 e. The van der Waals surface area contributed by atoms with Crippen LogP contribution >= 0.6 is 10.8 Å². The molecule has 7 nitrogen and oxygen atoms in total. The van der Waals surface area contributed by atoms with Gasteiger partial charge in [-0.3, -0.25) is 23.4 Å². The van der Waals surface area contributed by atoms with Crippen molar-refractivity contribution >= 4 is 39.0 Å². The number of H-pyrrole nitrogens is 1. The molecule has 0 bridgehead atoms. The Balaban J connectivity index is 1.86. The van der Waals surface area contributed by atoms with Crippen molar-refractivity contribution in [3.8, 4) is 0 Å². The van der Waals surface area contributed by atoms with E-state index in [2.05, 4.69) is 21.6 Å². The number of amides is 1. The lowest BCUT2D eigenvalue weighted by molar-refractivity contribution is 0.102. The molecule has 0 aliphatic rings. The SMILES string of the molecule is C=CS(O)(O)Nc1cccc(NC(=O)c2c[nH]c3ccccc3c2=O)c1. The number of carbonyl (C=O) groups is 1. The Kier molecular flexibility index (Phi) is 4.81. The maximum absolute atomic E-state index is 12.5. The molecule has 26 heavy (non-hydrogen) atoms. The molecule has 1 amide bonds. The average molecular weight is 371 g/mol. The summed E-state index contributed by atoms with van der Waals surface area (Å²) in [6, 6.07) is 13.3. The van der Waals surface area contributed by atoms with E-state index in [9.17, 15) is 18.7 Å². The first-order valence-corrected chi connectivity index (χ1v) is 9.21. The van der Waals surface area contributed by atoms with Gasteiger partial charge in [0, 0.05) is 28.2 Å². The van der Waals surface area contributed by atoms with Gasteiger partial charge in [-0.2, -0.15) is 0 Å². The molecule has 0 radical (unpaired) electrons. The number of aromatic amines is 1. The highest BCUT2D eigenvalue weighted by Crippen LogP contribution is 2.39. The Bertz CT molecular complexity index is 1050. The summed E-state index contributed by atoms with van der Waals surface area (Å²) < 4.78 is 21.8. The van der Waals surface area contributed by atoms with E-state index in [0.29, 0.717) is 22.3 Å². The van der Waals surface area contributed by atoms with Crippen LogP contribution in [0.2, 0.25) is 0 Å². The standard InChI is InChI=1S/C18H17N3O4S/c1-2-26(24,25)21-13-7-5-6-12(10-13)20-18(23)15-11-19-16-9-4-3-8-14(16)17(15)22/h2-11,21,24-25H,1H2,(H,19,22)(H,20,23). The third-order valence-electron chi connectivity index (χ3n) is 3.65. The summed E-state index contributed by atoms with van der Waals surface area (Å²) in [7, 11) is -3.15. The minimum absolute atomic E-state index is 0.0163. The number of benzene rings is 2. The Labute approximate surface area is 150 Å². The first-order chi connectivity index (χ1) is 12.4. The first kappa shape index (κ1) is 17.7. The number of hydrogen-bond donors (Lipinski definition) is 5. The lowest BCUT2D eigenvalue weighted by Gasteiger charge is -2.29. The molecule has 0 unspecified atom stereocenters. The van der Waals surface area contributed by atoms with Crippen molar-refractivity contribution in [2.24, 2.45) is 0 Å². The maximum Gasteiger partial charge on any atom is 0.261 e. The smallest absolute Gasteiger partial charge is 0.261 e. The van der Waals surface area contributed by atoms with Gasteiger partial charge in [0.1, 0.15) is 5.56 Å². The van der Waals surface area contributed by atoms with Gasteiger partial charge >= 0.3 is 0 Å². The molecule has 0 saturated heterocycles. The number of fused-ring (bicyclic) bond motifs is 1. The fourth-order valence-electron chi connectivity index (χ4n) is 2.41. The highest BCUT2D eigenvalue weighted by atomic mass is 32.3. The molecule has 3 rings (SSSR count). The van der Waals surface area contributed by atoms with Crippen LogP contribution in [0.3, 0.4) is 0 Å². The molecule has 0 aliphatic carbocycles. The molecule has 0 spiro atoms. The highest BCUT2D eigenvalue weighted by Gasteiger charge is 2.14. The van der Waals surface area contributed by atoms with Crippen LogP contribution in [0, 0.1) is 0 Å². The van der Waals surface area contributed by atoms with Crippen molar-refractivity contribution in [2.75, 3.05) is 10.0 Å². The van der Waals surface area contributed by atoms with Crippen molar-refractivity contribution in [1.29, 1.82) is 0 Å². The summed E-state index contributed by atoms with van der Waals surface area (Å²) in [5.41, 5.74) is 1.04. The summed E-state index contributed by atoms with van der Waals surface area (Å²) in [5.74, 6) is -0.565. The van der Waals surface area contributed by atoms with E-state index in [1.54, 1.807) is 42.5 Å². The fraction of sp³-hybridized carbons (Fsp3) is 0. The van der Waals surface area contributed by atoms with Crippen molar-refractivity contribution < 1.29 is 13.9 Å². The van der Waals surface area contributed by atoms with Crippen LogP contribution in [0.5, 0.6) is 0 Å². The number of nitrogens with one attached hydrogen (secondary N) is 3. The number of carbonyl (C=O) groups excluding carboxylic acids is 1. The van der Waals surface area contributed by atoms with E-state index in [0.717, 1.165) is 5.41 Å². The van der Waals surface area contributed by atoms with Gasteiger partial charge in [0.05, 0.1) is 5.69 Å². The van der Waals surface area contributed by atoms with Gasteiger partial charge in [0.15, 0.2) is 0 Å². The molecule has 8 heteroatoms. The molecule has 0 saturated carbocycles. The maximum atomic E-state index is 12.5. The van der Waals surface area contributed by atoms with Gasteiger partial charge in [-0.05, 0) is 30.3 Å². The topological polar surface area (TPSA) is 114 Å². The minimum Gasteiger partial charge on any atom is -0.360 e. The zero-order valence-corrected chi connectivity index (χ0v) is 14.4. The van der Waals surface area contributed by atoms with E-state index >= 15 is 0 Å². The molecule has 0 fully saturated rings. The molecule has 1 aromatic heterocycles. The molecule has 0 aliphatic heterocycles. The average Bonchev–Trinajstić information content (AvgIpc) is 2.62. The molecule has 134 valence electrons. The zero-order valence-electron chi connectivity index (χ0n) is 13.6. The van der Waals surface area contributed by atoms with Gasteiger partial charge in [-0.15, -0.1) is 0 Å². The first-order valence-electron chi connectivity index (χ1n) is 7.60. The summed E-state index contributed by atoms with van der Waals surface area (Å²) in [6.45, 7) is 3.34. The normalized spacial score (nSPS) is 11.8. The minimum atomic E-state index is -3.15. The predicted molar refractivity (Wildman–Crippen MR) is 106 cm³/mol. The van der Waals surface area contributed by atoms with Gasteiger partial charge < -0.3 is 10.3 Å². The second-order valence-corrected chi connectivity index (χ2v) is 7.20.